The van der Waals surface area contributed by atoms with Crippen LogP contribution >= 0.6 is 11.7 Å². The number of aliphatic carboxylic acids is 1. The fourth-order valence-corrected chi connectivity index (χ4v) is 2.82. The summed E-state index contributed by atoms with van der Waals surface area (Å²) in [5.41, 5.74) is -0.192. The van der Waals surface area contributed by atoms with Gasteiger partial charge in [0, 0.05) is 37.3 Å². The summed E-state index contributed by atoms with van der Waals surface area (Å²) in [5, 5.41) is 11.9. The van der Waals surface area contributed by atoms with Gasteiger partial charge in [-0.25, -0.2) is 9.59 Å². The van der Waals surface area contributed by atoms with E-state index in [1.165, 1.54) is 0 Å². The van der Waals surface area contributed by atoms with Crippen LogP contribution in [0.2, 0.25) is 0 Å². The van der Waals surface area contributed by atoms with Crippen LogP contribution in [-0.2, 0) is 19.1 Å². The van der Waals surface area contributed by atoms with Gasteiger partial charge in [-0.2, -0.15) is 4.37 Å². The third-order valence-corrected chi connectivity index (χ3v) is 4.17. The first-order valence-electron chi connectivity index (χ1n) is 8.89. The van der Waals surface area contributed by atoms with Gasteiger partial charge in [0.15, 0.2) is 0 Å². The molecule has 2 N–H and O–H groups in total. The summed E-state index contributed by atoms with van der Waals surface area (Å²) in [6, 6.07) is 0. The van der Waals surface area contributed by atoms with Crippen molar-refractivity contribution in [3.05, 3.63) is 12.2 Å². The van der Waals surface area contributed by atoms with Gasteiger partial charge in [-0.3, -0.25) is 0 Å². The zero-order valence-corrected chi connectivity index (χ0v) is 17.0. The zero-order valence-electron chi connectivity index (χ0n) is 16.2. The van der Waals surface area contributed by atoms with Crippen molar-refractivity contribution >= 4 is 29.5 Å². The van der Waals surface area contributed by atoms with Crippen LogP contribution in [0.1, 0.15) is 20.8 Å². The highest BCUT2D eigenvalue weighted by molar-refractivity contribution is 6.99. The topological polar surface area (TPSA) is 123 Å². The van der Waals surface area contributed by atoms with Crippen molar-refractivity contribution < 1.29 is 28.9 Å². The number of rotatable bonds is 9. The average molecular weight is 414 g/mol. The molecule has 1 aromatic heterocycles. The van der Waals surface area contributed by atoms with Crippen molar-refractivity contribution in [3.63, 3.8) is 0 Å². The molecule has 11 heteroatoms. The average Bonchev–Trinajstić information content (AvgIpc) is 3.11. The zero-order chi connectivity index (χ0) is 20.6. The Labute approximate surface area is 167 Å². The summed E-state index contributed by atoms with van der Waals surface area (Å²) < 4.78 is 24.9. The van der Waals surface area contributed by atoms with Crippen LogP contribution in [0, 0.1) is 0 Å². The number of morpholine rings is 1. The molecule has 1 aliphatic rings. The van der Waals surface area contributed by atoms with Crippen LogP contribution in [0.3, 0.4) is 0 Å². The predicted octanol–water partition coefficient (Wildman–Crippen LogP) is 0.694. The van der Waals surface area contributed by atoms with Gasteiger partial charge in [0.25, 0.3) is 5.88 Å². The van der Waals surface area contributed by atoms with E-state index in [1.54, 1.807) is 0 Å². The molecule has 1 aliphatic heterocycles. The Kier molecular flexibility index (Phi) is 8.15. The second-order valence-corrected chi connectivity index (χ2v) is 7.69. The Morgan fingerprint density at radius 3 is 2.68 bits per heavy atom. The van der Waals surface area contributed by atoms with E-state index in [9.17, 15) is 9.59 Å². The number of carbonyl (C=O) groups is 2. The maximum atomic E-state index is 11.9. The van der Waals surface area contributed by atoms with Crippen molar-refractivity contribution in [1.29, 1.82) is 0 Å². The maximum absolute atomic E-state index is 11.9. The first kappa shape index (κ1) is 22.1. The minimum atomic E-state index is -1.22. The first-order chi connectivity index (χ1) is 13.2. The lowest BCUT2D eigenvalue weighted by atomic mass is 10.1. The molecule has 0 radical (unpaired) electrons. The van der Waals surface area contributed by atoms with E-state index in [4.69, 9.17) is 19.3 Å². The third-order valence-electron chi connectivity index (χ3n) is 3.66. The van der Waals surface area contributed by atoms with Crippen LogP contribution < -0.4 is 15.0 Å². The van der Waals surface area contributed by atoms with Crippen LogP contribution in [0.5, 0.6) is 5.88 Å². The lowest BCUT2D eigenvalue weighted by Gasteiger charge is -2.27. The van der Waals surface area contributed by atoms with Crippen molar-refractivity contribution in [1.82, 2.24) is 14.1 Å². The number of hydrogen-bond donors (Lipinski definition) is 2. The molecule has 0 aromatic carbocycles. The molecule has 156 valence electrons. The quantitative estimate of drug-likeness (QED) is 0.441. The largest absolute Gasteiger partial charge is 0.478 e. The number of hydrogen-bond acceptors (Lipinski definition) is 10. The van der Waals surface area contributed by atoms with Crippen LogP contribution in [0.4, 0.5) is 5.82 Å². The molecule has 0 aliphatic carbocycles. The van der Waals surface area contributed by atoms with Crippen LogP contribution in [0.25, 0.3) is 0 Å². The number of nitrogens with one attached hydrogen (secondary N) is 1. The maximum Gasteiger partial charge on any atom is 0.331 e. The van der Waals surface area contributed by atoms with E-state index in [0.29, 0.717) is 44.5 Å². The number of nitrogens with zero attached hydrogens (tertiary/aromatic N) is 3. The highest BCUT2D eigenvalue weighted by Gasteiger charge is 2.23. The molecule has 1 fully saturated rings. The van der Waals surface area contributed by atoms with Crippen molar-refractivity contribution in [2.24, 2.45) is 0 Å². The van der Waals surface area contributed by atoms with Gasteiger partial charge in [0.1, 0.15) is 12.7 Å². The second-order valence-electron chi connectivity index (χ2n) is 7.16. The van der Waals surface area contributed by atoms with Crippen molar-refractivity contribution in [3.8, 4) is 5.88 Å². The number of ether oxygens (including phenoxy) is 3. The summed E-state index contributed by atoms with van der Waals surface area (Å²) in [6.07, 6.45) is 0.971. The molecule has 0 amide bonds. The van der Waals surface area contributed by atoms with Crippen molar-refractivity contribution in [2.75, 3.05) is 44.4 Å². The lowest BCUT2D eigenvalue weighted by Crippen LogP contribution is -2.44. The Morgan fingerprint density at radius 2 is 2.04 bits per heavy atom. The highest BCUT2D eigenvalue weighted by Crippen LogP contribution is 2.26. The normalized spacial score (nSPS) is 16.2. The molecule has 0 bridgehead atoms. The fraction of sp³-hybridized carbons (Fsp3) is 0.647. The fourth-order valence-electron chi connectivity index (χ4n) is 2.30. The Balaban J connectivity index is 1.98. The van der Waals surface area contributed by atoms with Crippen LogP contribution in [-0.4, -0.2) is 76.9 Å². The lowest BCUT2D eigenvalue weighted by molar-refractivity contribution is -0.145. The number of carboxylic acid groups (broad SMARTS) is 1. The SMILES string of the molecule is CC(C)(C)NC[C@@H](COc1nsnc1N1CCOCC1)OC(=O)/C=C/C(=O)O. The van der Waals surface area contributed by atoms with Gasteiger partial charge in [0.05, 0.1) is 24.9 Å². The smallest absolute Gasteiger partial charge is 0.331 e. The minimum absolute atomic E-state index is 0.0541. The van der Waals surface area contributed by atoms with Crippen LogP contribution in [0.15, 0.2) is 12.2 Å². The Bertz CT molecular complexity index is 681. The molecule has 10 nitrogen and oxygen atoms in total. The molecule has 1 saturated heterocycles. The van der Waals surface area contributed by atoms with Gasteiger partial charge < -0.3 is 29.5 Å². The summed E-state index contributed by atoms with van der Waals surface area (Å²) in [4.78, 5) is 24.4. The predicted molar refractivity (Wildman–Crippen MR) is 103 cm³/mol. The number of aromatic nitrogens is 2. The summed E-state index contributed by atoms with van der Waals surface area (Å²) in [5.74, 6) is -0.949. The van der Waals surface area contributed by atoms with Gasteiger partial charge in [0.2, 0.25) is 5.82 Å². The molecule has 2 rings (SSSR count). The molecule has 2 heterocycles. The van der Waals surface area contributed by atoms with E-state index in [1.807, 2.05) is 25.7 Å². The minimum Gasteiger partial charge on any atom is -0.478 e. The van der Waals surface area contributed by atoms with E-state index in [0.717, 1.165) is 23.9 Å². The Hall–Kier alpha value is -2.24. The molecular weight excluding hydrogens is 388 g/mol. The highest BCUT2D eigenvalue weighted by atomic mass is 32.1. The van der Waals surface area contributed by atoms with E-state index < -0.39 is 18.0 Å². The van der Waals surface area contributed by atoms with E-state index in [-0.39, 0.29) is 12.1 Å². The van der Waals surface area contributed by atoms with Gasteiger partial charge in [-0.1, -0.05) is 0 Å². The second kappa shape index (κ2) is 10.3. The molecule has 1 aromatic rings. The first-order valence-corrected chi connectivity index (χ1v) is 9.62. The molecule has 28 heavy (non-hydrogen) atoms. The van der Waals surface area contributed by atoms with Gasteiger partial charge in [-0.05, 0) is 20.8 Å². The Morgan fingerprint density at radius 1 is 1.32 bits per heavy atom. The molecule has 1 atom stereocenters. The molecular formula is C17H26N4O6S. The van der Waals surface area contributed by atoms with Gasteiger partial charge >= 0.3 is 11.9 Å². The van der Waals surface area contributed by atoms with E-state index >= 15 is 0 Å². The van der Waals surface area contributed by atoms with Crippen molar-refractivity contribution in [2.45, 2.75) is 32.4 Å². The van der Waals surface area contributed by atoms with Gasteiger partial charge in [-0.15, -0.1) is 4.37 Å². The molecule has 0 spiro atoms. The number of carboxylic acids is 1. The molecule has 0 unspecified atom stereocenters. The summed E-state index contributed by atoms with van der Waals surface area (Å²) in [6.45, 7) is 8.97. The summed E-state index contributed by atoms with van der Waals surface area (Å²) >= 11 is 1.05. The monoisotopic (exact) mass is 414 g/mol. The molecule has 0 saturated carbocycles. The number of carbonyl (C=O) groups excluding carboxylic acids is 1. The third kappa shape index (κ3) is 7.79. The number of esters is 1. The number of anilines is 1. The standard InChI is InChI=1S/C17H26N4O6S/c1-17(2,3)18-10-12(27-14(24)5-4-13(22)23)11-26-16-15(19-28-20-16)21-6-8-25-9-7-21/h4-5,12,18H,6-11H2,1-3H3,(H,22,23)/b5-4+/t12-/m0/s1. The van der Waals surface area contributed by atoms with E-state index in [2.05, 4.69) is 14.1 Å². The summed E-state index contributed by atoms with van der Waals surface area (Å²) in [7, 11) is 0.